The van der Waals surface area contributed by atoms with E-state index in [1.807, 2.05) is 25.1 Å². The molecule has 1 unspecified atom stereocenters. The first kappa shape index (κ1) is 16.5. The fourth-order valence-electron chi connectivity index (χ4n) is 1.86. The predicted octanol–water partition coefficient (Wildman–Crippen LogP) is 2.03. The summed E-state index contributed by atoms with van der Waals surface area (Å²) in [7, 11) is 1.63. The summed E-state index contributed by atoms with van der Waals surface area (Å²) in [6.07, 6.45) is 1.74. The molecule has 3 N–H and O–H groups in total. The van der Waals surface area contributed by atoms with Gasteiger partial charge >= 0.3 is 0 Å². The third-order valence-corrected chi connectivity index (χ3v) is 2.95. The number of nitrogens with one attached hydrogen (secondary N) is 1. The minimum Gasteiger partial charge on any atom is -0.491 e. The summed E-state index contributed by atoms with van der Waals surface area (Å²) in [5.74, 6) is 0.529. The van der Waals surface area contributed by atoms with Gasteiger partial charge in [-0.2, -0.15) is 0 Å². The zero-order valence-corrected chi connectivity index (χ0v) is 12.2. The molecule has 0 saturated carbocycles. The van der Waals surface area contributed by atoms with Crippen molar-refractivity contribution >= 4 is 11.6 Å². The van der Waals surface area contributed by atoms with Crippen LogP contribution in [0.15, 0.2) is 24.3 Å². The smallest absolute Gasteiger partial charge is 0.228 e. The fraction of sp³-hybridized carbons (Fsp3) is 0.533. The van der Waals surface area contributed by atoms with E-state index in [0.717, 1.165) is 18.5 Å². The fourth-order valence-corrected chi connectivity index (χ4v) is 1.86. The van der Waals surface area contributed by atoms with Crippen LogP contribution in [0.5, 0.6) is 5.75 Å². The standard InChI is InChI=1S/C15H24N2O3/c1-3-5-12(11-16)15(18)17-13-6-4-7-14(10-13)20-9-8-19-2/h4,6-7,10,12H,3,5,8-9,11,16H2,1-2H3,(H,17,18). The Morgan fingerprint density at radius 3 is 2.85 bits per heavy atom. The lowest BCUT2D eigenvalue weighted by atomic mass is 10.0. The first-order valence-electron chi connectivity index (χ1n) is 6.94. The Bertz CT molecular complexity index is 410. The zero-order chi connectivity index (χ0) is 14.8. The number of ether oxygens (including phenoxy) is 2. The van der Waals surface area contributed by atoms with Gasteiger partial charge in [-0.3, -0.25) is 4.79 Å². The topological polar surface area (TPSA) is 73.6 Å². The van der Waals surface area contributed by atoms with Gasteiger partial charge in [0, 0.05) is 25.4 Å². The van der Waals surface area contributed by atoms with Gasteiger partial charge in [0.25, 0.3) is 0 Å². The molecule has 0 spiro atoms. The molecule has 1 aromatic rings. The van der Waals surface area contributed by atoms with Crippen molar-refractivity contribution in [2.45, 2.75) is 19.8 Å². The molecule has 0 aliphatic rings. The second-order valence-electron chi connectivity index (χ2n) is 4.58. The number of carbonyl (C=O) groups is 1. The van der Waals surface area contributed by atoms with Gasteiger partial charge in [0.15, 0.2) is 0 Å². The summed E-state index contributed by atoms with van der Waals surface area (Å²) < 4.78 is 10.4. The highest BCUT2D eigenvalue weighted by Crippen LogP contribution is 2.18. The van der Waals surface area contributed by atoms with Crippen molar-refractivity contribution in [1.29, 1.82) is 0 Å². The van der Waals surface area contributed by atoms with Crippen molar-refractivity contribution in [3.05, 3.63) is 24.3 Å². The summed E-state index contributed by atoms with van der Waals surface area (Å²) in [6, 6.07) is 7.32. The highest BCUT2D eigenvalue weighted by molar-refractivity contribution is 5.92. The summed E-state index contributed by atoms with van der Waals surface area (Å²) in [6.45, 7) is 3.42. The van der Waals surface area contributed by atoms with Gasteiger partial charge in [0.05, 0.1) is 12.5 Å². The first-order chi connectivity index (χ1) is 9.71. The lowest BCUT2D eigenvalue weighted by Crippen LogP contribution is -2.29. The number of carbonyl (C=O) groups excluding carboxylic acids is 1. The molecule has 5 heteroatoms. The molecular weight excluding hydrogens is 256 g/mol. The average Bonchev–Trinajstić information content (AvgIpc) is 2.45. The van der Waals surface area contributed by atoms with E-state index < -0.39 is 0 Å². The monoisotopic (exact) mass is 280 g/mol. The van der Waals surface area contributed by atoms with Gasteiger partial charge in [0.1, 0.15) is 12.4 Å². The van der Waals surface area contributed by atoms with Crippen LogP contribution in [-0.2, 0) is 9.53 Å². The third-order valence-electron chi connectivity index (χ3n) is 2.95. The van der Waals surface area contributed by atoms with E-state index in [0.29, 0.717) is 25.5 Å². The molecule has 0 heterocycles. The molecule has 1 amide bonds. The molecule has 0 aliphatic carbocycles. The van der Waals surface area contributed by atoms with Gasteiger partial charge in [-0.1, -0.05) is 19.4 Å². The highest BCUT2D eigenvalue weighted by atomic mass is 16.5. The Kier molecular flexibility index (Phi) is 7.69. The minimum absolute atomic E-state index is 0.0385. The van der Waals surface area contributed by atoms with Crippen LogP contribution >= 0.6 is 0 Å². The summed E-state index contributed by atoms with van der Waals surface area (Å²) in [4.78, 5) is 12.1. The van der Waals surface area contributed by atoms with Crippen molar-refractivity contribution in [3.63, 3.8) is 0 Å². The number of amides is 1. The molecule has 112 valence electrons. The first-order valence-corrected chi connectivity index (χ1v) is 6.94. The largest absolute Gasteiger partial charge is 0.491 e. The second-order valence-corrected chi connectivity index (χ2v) is 4.58. The summed E-state index contributed by atoms with van der Waals surface area (Å²) >= 11 is 0. The SMILES string of the molecule is CCCC(CN)C(=O)Nc1cccc(OCCOC)c1. The quantitative estimate of drug-likeness (QED) is 0.679. The lowest BCUT2D eigenvalue weighted by Gasteiger charge is -2.14. The van der Waals surface area contributed by atoms with Crippen molar-refractivity contribution in [2.75, 3.05) is 32.2 Å². The van der Waals surface area contributed by atoms with E-state index in [1.165, 1.54) is 0 Å². The molecule has 0 radical (unpaired) electrons. The van der Waals surface area contributed by atoms with E-state index in [2.05, 4.69) is 5.32 Å². The Morgan fingerprint density at radius 2 is 2.20 bits per heavy atom. The van der Waals surface area contributed by atoms with E-state index in [9.17, 15) is 4.79 Å². The maximum absolute atomic E-state index is 12.1. The average molecular weight is 280 g/mol. The second kappa shape index (κ2) is 9.34. The van der Waals surface area contributed by atoms with Crippen LogP contribution in [0.2, 0.25) is 0 Å². The lowest BCUT2D eigenvalue weighted by molar-refractivity contribution is -0.119. The Morgan fingerprint density at radius 1 is 1.40 bits per heavy atom. The molecule has 1 atom stereocenters. The number of methoxy groups -OCH3 is 1. The molecule has 0 aliphatic heterocycles. The van der Waals surface area contributed by atoms with Gasteiger partial charge in [-0.15, -0.1) is 0 Å². The molecule has 0 fully saturated rings. The predicted molar refractivity (Wildman–Crippen MR) is 79.9 cm³/mol. The zero-order valence-electron chi connectivity index (χ0n) is 12.2. The molecule has 1 aromatic carbocycles. The van der Waals surface area contributed by atoms with E-state index in [4.69, 9.17) is 15.2 Å². The Hall–Kier alpha value is -1.59. The van der Waals surface area contributed by atoms with Crippen molar-refractivity contribution < 1.29 is 14.3 Å². The number of nitrogens with two attached hydrogens (primary N) is 1. The van der Waals surface area contributed by atoms with Crippen LogP contribution in [0.4, 0.5) is 5.69 Å². The summed E-state index contributed by atoms with van der Waals surface area (Å²) in [5.41, 5.74) is 6.35. The van der Waals surface area contributed by atoms with Crippen LogP contribution in [0.25, 0.3) is 0 Å². The molecular formula is C15H24N2O3. The van der Waals surface area contributed by atoms with Crippen molar-refractivity contribution in [3.8, 4) is 5.75 Å². The Balaban J connectivity index is 2.58. The van der Waals surface area contributed by atoms with Gasteiger partial charge in [-0.05, 0) is 18.6 Å². The van der Waals surface area contributed by atoms with Gasteiger partial charge in [0.2, 0.25) is 5.91 Å². The maximum atomic E-state index is 12.1. The number of anilines is 1. The summed E-state index contributed by atoms with van der Waals surface area (Å²) in [5, 5.41) is 2.88. The van der Waals surface area contributed by atoms with Crippen LogP contribution in [0.1, 0.15) is 19.8 Å². The molecule has 1 rings (SSSR count). The Labute approximate surface area is 120 Å². The van der Waals surface area contributed by atoms with E-state index in [1.54, 1.807) is 13.2 Å². The third kappa shape index (κ3) is 5.59. The maximum Gasteiger partial charge on any atom is 0.228 e. The van der Waals surface area contributed by atoms with E-state index in [-0.39, 0.29) is 11.8 Å². The number of benzene rings is 1. The number of hydrogen-bond acceptors (Lipinski definition) is 4. The van der Waals surface area contributed by atoms with Crippen LogP contribution in [0.3, 0.4) is 0 Å². The molecule has 0 bridgehead atoms. The van der Waals surface area contributed by atoms with Crippen LogP contribution < -0.4 is 15.8 Å². The van der Waals surface area contributed by atoms with Gasteiger partial charge in [-0.25, -0.2) is 0 Å². The van der Waals surface area contributed by atoms with Crippen LogP contribution in [0, 0.1) is 5.92 Å². The highest BCUT2D eigenvalue weighted by Gasteiger charge is 2.15. The van der Waals surface area contributed by atoms with Gasteiger partial charge < -0.3 is 20.5 Å². The van der Waals surface area contributed by atoms with E-state index >= 15 is 0 Å². The van der Waals surface area contributed by atoms with Crippen molar-refractivity contribution in [2.24, 2.45) is 11.7 Å². The molecule has 0 saturated heterocycles. The number of hydrogen-bond donors (Lipinski definition) is 2. The molecule has 20 heavy (non-hydrogen) atoms. The normalized spacial score (nSPS) is 11.9. The van der Waals surface area contributed by atoms with Crippen LogP contribution in [-0.4, -0.2) is 32.8 Å². The number of rotatable bonds is 9. The molecule has 5 nitrogen and oxygen atoms in total. The van der Waals surface area contributed by atoms with Crippen molar-refractivity contribution in [1.82, 2.24) is 0 Å². The molecule has 0 aromatic heterocycles. The minimum atomic E-state index is -0.141.